The zero-order chi connectivity index (χ0) is 20.5. The van der Waals surface area contributed by atoms with Gasteiger partial charge in [-0.1, -0.05) is 37.4 Å². The molecule has 1 heterocycles. The highest BCUT2D eigenvalue weighted by atomic mass is 16.5. The molecule has 0 fully saturated rings. The van der Waals surface area contributed by atoms with Crippen LogP contribution in [0.1, 0.15) is 49.5 Å². The number of amides is 3. The fraction of sp³-hybridized carbons (Fsp3) is 0.476. The van der Waals surface area contributed by atoms with Gasteiger partial charge in [0.15, 0.2) is 5.82 Å². The molecule has 2 aromatic rings. The zero-order valence-corrected chi connectivity index (χ0v) is 17.2. The molecular formula is C21H30N4O3. The molecule has 28 heavy (non-hydrogen) atoms. The van der Waals surface area contributed by atoms with Gasteiger partial charge in [0.1, 0.15) is 12.3 Å². The Bertz CT molecular complexity index is 801. The van der Waals surface area contributed by atoms with Crippen molar-refractivity contribution in [2.45, 2.75) is 53.4 Å². The van der Waals surface area contributed by atoms with Gasteiger partial charge in [-0.2, -0.15) is 0 Å². The third kappa shape index (κ3) is 6.72. The SMILES string of the molecule is CCCCCCN(CC(=O)Nc1cc(C)on1)C(=O)Nc1ccc(C)c(C)c1. The first kappa shape index (κ1) is 21.5. The highest BCUT2D eigenvalue weighted by molar-refractivity contribution is 5.96. The Morgan fingerprint density at radius 2 is 1.82 bits per heavy atom. The monoisotopic (exact) mass is 386 g/mol. The molecule has 1 aromatic heterocycles. The maximum atomic E-state index is 12.8. The van der Waals surface area contributed by atoms with E-state index in [1.54, 1.807) is 13.0 Å². The third-order valence-corrected chi connectivity index (χ3v) is 4.56. The normalized spacial score (nSPS) is 10.6. The Morgan fingerprint density at radius 3 is 2.46 bits per heavy atom. The topological polar surface area (TPSA) is 87.5 Å². The minimum Gasteiger partial charge on any atom is -0.360 e. The number of hydrogen-bond donors (Lipinski definition) is 2. The van der Waals surface area contributed by atoms with Gasteiger partial charge in [0.2, 0.25) is 5.91 Å². The highest BCUT2D eigenvalue weighted by Crippen LogP contribution is 2.15. The average molecular weight is 386 g/mol. The number of anilines is 2. The number of urea groups is 1. The molecule has 0 radical (unpaired) electrons. The molecule has 0 spiro atoms. The lowest BCUT2D eigenvalue weighted by atomic mass is 10.1. The summed E-state index contributed by atoms with van der Waals surface area (Å²) in [5.41, 5.74) is 2.99. The van der Waals surface area contributed by atoms with Gasteiger partial charge < -0.3 is 20.1 Å². The van der Waals surface area contributed by atoms with Crippen molar-refractivity contribution in [3.63, 3.8) is 0 Å². The van der Waals surface area contributed by atoms with Crippen LogP contribution in [0, 0.1) is 20.8 Å². The first-order chi connectivity index (χ1) is 13.4. The molecule has 0 atom stereocenters. The molecule has 2 rings (SSSR count). The Kier molecular flexibility index (Phi) is 8.04. The van der Waals surface area contributed by atoms with Crippen molar-refractivity contribution in [1.29, 1.82) is 0 Å². The number of hydrogen-bond acceptors (Lipinski definition) is 4. The van der Waals surface area contributed by atoms with Crippen molar-refractivity contribution in [3.8, 4) is 0 Å². The van der Waals surface area contributed by atoms with E-state index in [2.05, 4.69) is 22.7 Å². The molecule has 7 heteroatoms. The number of nitrogens with zero attached hydrogens (tertiary/aromatic N) is 2. The van der Waals surface area contributed by atoms with Crippen LogP contribution in [0.2, 0.25) is 0 Å². The number of nitrogens with one attached hydrogen (secondary N) is 2. The van der Waals surface area contributed by atoms with Crippen LogP contribution in [0.3, 0.4) is 0 Å². The van der Waals surface area contributed by atoms with E-state index >= 15 is 0 Å². The van der Waals surface area contributed by atoms with Gasteiger partial charge in [0.25, 0.3) is 0 Å². The summed E-state index contributed by atoms with van der Waals surface area (Å²) in [5, 5.41) is 9.32. The van der Waals surface area contributed by atoms with Crippen LogP contribution in [0.4, 0.5) is 16.3 Å². The van der Waals surface area contributed by atoms with Gasteiger partial charge in [-0.25, -0.2) is 4.79 Å². The molecule has 0 saturated carbocycles. The second-order valence-electron chi connectivity index (χ2n) is 7.08. The number of aromatic nitrogens is 1. The number of carbonyl (C=O) groups is 2. The van der Waals surface area contributed by atoms with E-state index in [-0.39, 0.29) is 18.5 Å². The minimum atomic E-state index is -0.306. The van der Waals surface area contributed by atoms with Crippen LogP contribution in [-0.4, -0.2) is 35.1 Å². The quantitative estimate of drug-likeness (QED) is 0.614. The predicted molar refractivity (Wildman–Crippen MR) is 111 cm³/mol. The maximum Gasteiger partial charge on any atom is 0.322 e. The van der Waals surface area contributed by atoms with Crippen LogP contribution in [-0.2, 0) is 4.79 Å². The van der Waals surface area contributed by atoms with E-state index < -0.39 is 0 Å². The van der Waals surface area contributed by atoms with E-state index in [0.717, 1.165) is 42.5 Å². The molecule has 0 aliphatic rings. The molecule has 152 valence electrons. The minimum absolute atomic E-state index is 0.0469. The van der Waals surface area contributed by atoms with Crippen molar-refractivity contribution in [2.75, 3.05) is 23.7 Å². The van der Waals surface area contributed by atoms with Crippen LogP contribution >= 0.6 is 0 Å². The van der Waals surface area contributed by atoms with Crippen molar-refractivity contribution in [1.82, 2.24) is 10.1 Å². The largest absolute Gasteiger partial charge is 0.360 e. The summed E-state index contributed by atoms with van der Waals surface area (Å²) in [6, 6.07) is 7.12. The van der Waals surface area contributed by atoms with Crippen LogP contribution in [0.25, 0.3) is 0 Å². The molecule has 0 unspecified atom stereocenters. The van der Waals surface area contributed by atoms with Crippen LogP contribution in [0.15, 0.2) is 28.8 Å². The lowest BCUT2D eigenvalue weighted by molar-refractivity contribution is -0.116. The summed E-state index contributed by atoms with van der Waals surface area (Å²) in [5.74, 6) is 0.654. The lowest BCUT2D eigenvalue weighted by Crippen LogP contribution is -2.41. The Labute approximate surface area is 166 Å². The summed E-state index contributed by atoms with van der Waals surface area (Å²) >= 11 is 0. The van der Waals surface area contributed by atoms with E-state index in [1.165, 1.54) is 4.90 Å². The van der Waals surface area contributed by atoms with Gasteiger partial charge in [0.05, 0.1) is 0 Å². The molecule has 2 N–H and O–H groups in total. The van der Waals surface area contributed by atoms with Gasteiger partial charge in [0, 0.05) is 18.3 Å². The fourth-order valence-corrected chi connectivity index (χ4v) is 2.78. The molecule has 0 aliphatic carbocycles. The Morgan fingerprint density at radius 1 is 1.04 bits per heavy atom. The summed E-state index contributed by atoms with van der Waals surface area (Å²) in [6.07, 6.45) is 4.09. The van der Waals surface area contributed by atoms with Gasteiger partial charge >= 0.3 is 6.03 Å². The Hall–Kier alpha value is -2.83. The highest BCUT2D eigenvalue weighted by Gasteiger charge is 2.18. The average Bonchev–Trinajstić information content (AvgIpc) is 3.05. The van der Waals surface area contributed by atoms with E-state index in [0.29, 0.717) is 18.1 Å². The molecule has 7 nitrogen and oxygen atoms in total. The first-order valence-corrected chi connectivity index (χ1v) is 9.75. The molecule has 0 bridgehead atoms. The predicted octanol–water partition coefficient (Wildman–Crippen LogP) is 4.65. The van der Waals surface area contributed by atoms with Crippen molar-refractivity contribution < 1.29 is 14.1 Å². The molecular weight excluding hydrogens is 356 g/mol. The number of aryl methyl sites for hydroxylation is 3. The van der Waals surface area contributed by atoms with Crippen molar-refractivity contribution in [2.24, 2.45) is 0 Å². The summed E-state index contributed by atoms with van der Waals surface area (Å²) < 4.78 is 4.95. The van der Waals surface area contributed by atoms with E-state index in [4.69, 9.17) is 4.52 Å². The molecule has 0 saturated heterocycles. The first-order valence-electron chi connectivity index (χ1n) is 9.75. The van der Waals surface area contributed by atoms with Crippen molar-refractivity contribution >= 4 is 23.4 Å². The van der Waals surface area contributed by atoms with Crippen LogP contribution < -0.4 is 10.6 Å². The second-order valence-corrected chi connectivity index (χ2v) is 7.08. The summed E-state index contributed by atoms with van der Waals surface area (Å²) in [6.45, 7) is 8.38. The van der Waals surface area contributed by atoms with Gasteiger partial charge in [-0.15, -0.1) is 0 Å². The number of carbonyl (C=O) groups excluding carboxylic acids is 2. The Balaban J connectivity index is 2.00. The summed E-state index contributed by atoms with van der Waals surface area (Å²) in [4.78, 5) is 26.7. The van der Waals surface area contributed by atoms with Crippen LogP contribution in [0.5, 0.6) is 0 Å². The summed E-state index contributed by atoms with van der Waals surface area (Å²) in [7, 11) is 0. The third-order valence-electron chi connectivity index (χ3n) is 4.56. The van der Waals surface area contributed by atoms with Gasteiger partial charge in [-0.05, 0) is 50.5 Å². The zero-order valence-electron chi connectivity index (χ0n) is 17.2. The second kappa shape index (κ2) is 10.5. The number of rotatable bonds is 9. The molecule has 3 amide bonds. The maximum absolute atomic E-state index is 12.8. The van der Waals surface area contributed by atoms with Crippen molar-refractivity contribution in [3.05, 3.63) is 41.2 Å². The van der Waals surface area contributed by atoms with E-state index in [9.17, 15) is 9.59 Å². The number of benzene rings is 1. The molecule has 0 aliphatic heterocycles. The lowest BCUT2D eigenvalue weighted by Gasteiger charge is -2.22. The van der Waals surface area contributed by atoms with Gasteiger partial charge in [-0.3, -0.25) is 4.79 Å². The standard InChI is InChI=1S/C21H30N4O3/c1-5-6-7-8-11-25(14-20(26)23-19-13-17(4)28-24-19)21(27)22-18-10-9-15(2)16(3)12-18/h9-10,12-13H,5-8,11,14H2,1-4H3,(H,22,27)(H,23,24,26). The van der Waals surface area contributed by atoms with E-state index in [1.807, 2.05) is 32.0 Å². The smallest absolute Gasteiger partial charge is 0.322 e. The fourth-order valence-electron chi connectivity index (χ4n) is 2.78. The molecule has 1 aromatic carbocycles. The number of unbranched alkanes of at least 4 members (excludes halogenated alkanes) is 3.